The van der Waals surface area contributed by atoms with E-state index in [4.69, 9.17) is 0 Å². The third-order valence-corrected chi connectivity index (χ3v) is 4.06. The summed E-state index contributed by atoms with van der Waals surface area (Å²) >= 11 is 3.51. The van der Waals surface area contributed by atoms with Gasteiger partial charge in [0.25, 0.3) is 5.91 Å². The Hall–Kier alpha value is -0.830. The average molecular weight is 282 g/mol. The standard InChI is InChI=1S/C13H16BrNO/c14-10-11-6-8-15(9-7-11)13(16)12-4-2-1-3-5-12/h1-5,11H,6-10H2. The Morgan fingerprint density at radius 1 is 1.25 bits per heavy atom. The van der Waals surface area contributed by atoms with Crippen molar-refractivity contribution in [2.45, 2.75) is 12.8 Å². The highest BCUT2D eigenvalue weighted by molar-refractivity contribution is 9.09. The van der Waals surface area contributed by atoms with Gasteiger partial charge in [-0.2, -0.15) is 0 Å². The minimum absolute atomic E-state index is 0.175. The molecule has 0 spiro atoms. The normalized spacial score (nSPS) is 17.4. The smallest absolute Gasteiger partial charge is 0.253 e. The predicted molar refractivity (Wildman–Crippen MR) is 68.9 cm³/mol. The molecule has 0 N–H and O–H groups in total. The van der Waals surface area contributed by atoms with Crippen molar-refractivity contribution in [3.05, 3.63) is 35.9 Å². The monoisotopic (exact) mass is 281 g/mol. The molecule has 2 nitrogen and oxygen atoms in total. The summed E-state index contributed by atoms with van der Waals surface area (Å²) in [6.45, 7) is 1.79. The van der Waals surface area contributed by atoms with E-state index in [1.165, 1.54) is 0 Å². The number of alkyl halides is 1. The van der Waals surface area contributed by atoms with Crippen molar-refractivity contribution in [3.63, 3.8) is 0 Å². The van der Waals surface area contributed by atoms with Gasteiger partial charge in [0.15, 0.2) is 0 Å². The van der Waals surface area contributed by atoms with Crippen molar-refractivity contribution >= 4 is 21.8 Å². The number of carbonyl (C=O) groups excluding carboxylic acids is 1. The molecule has 0 atom stereocenters. The number of hydrogen-bond donors (Lipinski definition) is 0. The Bertz CT molecular complexity index is 344. The first-order chi connectivity index (χ1) is 7.81. The second-order valence-corrected chi connectivity index (χ2v) is 4.90. The molecule has 3 heteroatoms. The van der Waals surface area contributed by atoms with Crippen molar-refractivity contribution in [2.75, 3.05) is 18.4 Å². The van der Waals surface area contributed by atoms with Gasteiger partial charge in [-0.1, -0.05) is 34.1 Å². The van der Waals surface area contributed by atoms with Crippen LogP contribution in [-0.2, 0) is 0 Å². The molecule has 0 aliphatic carbocycles. The maximum Gasteiger partial charge on any atom is 0.253 e. The minimum atomic E-state index is 0.175. The van der Waals surface area contributed by atoms with Crippen LogP contribution in [0.4, 0.5) is 0 Å². The second-order valence-electron chi connectivity index (χ2n) is 4.26. The fraction of sp³-hybridized carbons (Fsp3) is 0.462. The number of rotatable bonds is 2. The Labute approximate surface area is 105 Å². The topological polar surface area (TPSA) is 20.3 Å². The maximum absolute atomic E-state index is 12.1. The quantitative estimate of drug-likeness (QED) is 0.764. The Kier molecular flexibility index (Phi) is 3.99. The zero-order chi connectivity index (χ0) is 11.4. The van der Waals surface area contributed by atoms with Crippen molar-refractivity contribution in [1.29, 1.82) is 0 Å². The van der Waals surface area contributed by atoms with Crippen LogP contribution in [0.15, 0.2) is 30.3 Å². The first kappa shape index (κ1) is 11.6. The molecule has 0 saturated carbocycles. The summed E-state index contributed by atoms with van der Waals surface area (Å²) in [6.07, 6.45) is 2.23. The lowest BCUT2D eigenvalue weighted by atomic mass is 9.98. The largest absolute Gasteiger partial charge is 0.339 e. The molecular weight excluding hydrogens is 266 g/mol. The van der Waals surface area contributed by atoms with Crippen LogP contribution in [0.3, 0.4) is 0 Å². The van der Waals surface area contributed by atoms with Crippen molar-refractivity contribution in [2.24, 2.45) is 5.92 Å². The zero-order valence-electron chi connectivity index (χ0n) is 9.23. The van der Waals surface area contributed by atoms with Crippen LogP contribution in [0.5, 0.6) is 0 Å². The lowest BCUT2D eigenvalue weighted by Gasteiger charge is -2.31. The molecule has 86 valence electrons. The van der Waals surface area contributed by atoms with E-state index in [9.17, 15) is 4.79 Å². The fourth-order valence-corrected chi connectivity index (χ4v) is 2.70. The van der Waals surface area contributed by atoms with Gasteiger partial charge in [-0.3, -0.25) is 4.79 Å². The Morgan fingerprint density at radius 2 is 1.88 bits per heavy atom. The van der Waals surface area contributed by atoms with Gasteiger partial charge in [0.1, 0.15) is 0 Å². The first-order valence-electron chi connectivity index (χ1n) is 5.71. The highest BCUT2D eigenvalue weighted by atomic mass is 79.9. The lowest BCUT2D eigenvalue weighted by molar-refractivity contribution is 0.0699. The third kappa shape index (κ3) is 2.64. The van der Waals surface area contributed by atoms with Crippen LogP contribution in [0, 0.1) is 5.92 Å². The molecule has 1 heterocycles. The molecule has 1 amide bonds. The second kappa shape index (κ2) is 5.48. The Balaban J connectivity index is 1.97. The van der Waals surface area contributed by atoms with E-state index in [1.807, 2.05) is 35.2 Å². The van der Waals surface area contributed by atoms with Gasteiger partial charge in [-0.15, -0.1) is 0 Å². The summed E-state index contributed by atoms with van der Waals surface area (Å²) in [5.74, 6) is 0.911. The van der Waals surface area contributed by atoms with E-state index in [-0.39, 0.29) is 5.91 Å². The zero-order valence-corrected chi connectivity index (χ0v) is 10.8. The molecule has 0 bridgehead atoms. The molecule has 0 radical (unpaired) electrons. The minimum Gasteiger partial charge on any atom is -0.339 e. The van der Waals surface area contributed by atoms with Crippen LogP contribution in [-0.4, -0.2) is 29.2 Å². The SMILES string of the molecule is O=C(c1ccccc1)N1CCC(CBr)CC1. The lowest BCUT2D eigenvalue weighted by Crippen LogP contribution is -2.38. The van der Waals surface area contributed by atoms with E-state index in [1.54, 1.807) is 0 Å². The van der Waals surface area contributed by atoms with Gasteiger partial charge in [0.2, 0.25) is 0 Å². The number of amides is 1. The molecule has 1 saturated heterocycles. The summed E-state index contributed by atoms with van der Waals surface area (Å²) in [5.41, 5.74) is 0.805. The Morgan fingerprint density at radius 3 is 2.44 bits per heavy atom. The van der Waals surface area contributed by atoms with E-state index in [2.05, 4.69) is 15.9 Å². The van der Waals surface area contributed by atoms with E-state index >= 15 is 0 Å². The summed E-state index contributed by atoms with van der Waals surface area (Å²) in [4.78, 5) is 14.1. The van der Waals surface area contributed by atoms with E-state index < -0.39 is 0 Å². The third-order valence-electron chi connectivity index (χ3n) is 3.14. The number of likely N-dealkylation sites (tertiary alicyclic amines) is 1. The van der Waals surface area contributed by atoms with Crippen LogP contribution in [0.25, 0.3) is 0 Å². The van der Waals surface area contributed by atoms with E-state index in [0.29, 0.717) is 0 Å². The number of piperidine rings is 1. The molecule has 1 aromatic rings. The average Bonchev–Trinajstić information content (AvgIpc) is 2.39. The van der Waals surface area contributed by atoms with Crippen LogP contribution in [0.1, 0.15) is 23.2 Å². The molecule has 1 aliphatic heterocycles. The number of nitrogens with zero attached hydrogens (tertiary/aromatic N) is 1. The van der Waals surface area contributed by atoms with E-state index in [0.717, 1.165) is 42.7 Å². The summed E-state index contributed by atoms with van der Waals surface area (Å²) < 4.78 is 0. The molecule has 16 heavy (non-hydrogen) atoms. The van der Waals surface area contributed by atoms with Crippen LogP contribution < -0.4 is 0 Å². The first-order valence-corrected chi connectivity index (χ1v) is 6.83. The van der Waals surface area contributed by atoms with Gasteiger partial charge >= 0.3 is 0 Å². The molecule has 1 fully saturated rings. The van der Waals surface area contributed by atoms with Crippen LogP contribution in [0.2, 0.25) is 0 Å². The summed E-state index contributed by atoms with van der Waals surface area (Å²) in [7, 11) is 0. The van der Waals surface area contributed by atoms with Gasteiger partial charge in [-0.25, -0.2) is 0 Å². The molecule has 2 rings (SSSR count). The number of hydrogen-bond acceptors (Lipinski definition) is 1. The summed E-state index contributed by atoms with van der Waals surface area (Å²) in [5, 5.41) is 1.06. The number of benzene rings is 1. The molecule has 0 unspecified atom stereocenters. The highest BCUT2D eigenvalue weighted by Gasteiger charge is 2.22. The van der Waals surface area contributed by atoms with Gasteiger partial charge in [0.05, 0.1) is 0 Å². The van der Waals surface area contributed by atoms with Gasteiger partial charge in [-0.05, 0) is 30.9 Å². The predicted octanol–water partition coefficient (Wildman–Crippen LogP) is 2.93. The maximum atomic E-state index is 12.1. The van der Waals surface area contributed by atoms with Gasteiger partial charge < -0.3 is 4.90 Å². The molecule has 1 aromatic carbocycles. The van der Waals surface area contributed by atoms with Crippen molar-refractivity contribution < 1.29 is 4.79 Å². The number of halogens is 1. The summed E-state index contributed by atoms with van der Waals surface area (Å²) in [6, 6.07) is 9.54. The number of carbonyl (C=O) groups is 1. The van der Waals surface area contributed by atoms with Gasteiger partial charge in [0, 0.05) is 24.0 Å². The van der Waals surface area contributed by atoms with Crippen molar-refractivity contribution in [3.8, 4) is 0 Å². The fourth-order valence-electron chi connectivity index (χ4n) is 2.05. The van der Waals surface area contributed by atoms with Crippen LogP contribution >= 0.6 is 15.9 Å². The molecule has 0 aromatic heterocycles. The molecular formula is C13H16BrNO. The molecule has 1 aliphatic rings. The highest BCUT2D eigenvalue weighted by Crippen LogP contribution is 2.20. The van der Waals surface area contributed by atoms with Crippen molar-refractivity contribution in [1.82, 2.24) is 4.90 Å².